The smallest absolute Gasteiger partial charge is 0.338 e. The predicted molar refractivity (Wildman–Crippen MR) is 47.7 cm³/mol. The highest BCUT2D eigenvalue weighted by molar-refractivity contribution is 5.76. The molecule has 82 valence electrons. The Kier molecular flexibility index (Phi) is 4.31. The third kappa shape index (κ3) is 2.43. The zero-order valence-electron chi connectivity index (χ0n) is 8.69. The summed E-state index contributed by atoms with van der Waals surface area (Å²) < 4.78 is 20.1. The van der Waals surface area contributed by atoms with Crippen molar-refractivity contribution in [3.63, 3.8) is 0 Å². The van der Waals surface area contributed by atoms with E-state index >= 15 is 0 Å². The first kappa shape index (κ1) is 11.4. The maximum Gasteiger partial charge on any atom is 0.338 e. The molecule has 1 heterocycles. The van der Waals surface area contributed by atoms with Crippen LogP contribution < -0.4 is 0 Å². The maximum atomic E-state index is 11.3. The summed E-state index contributed by atoms with van der Waals surface area (Å²) in [6, 6.07) is 0. The predicted octanol–water partition coefficient (Wildman–Crippen LogP) is 0.183. The molecule has 0 unspecified atom stereocenters. The van der Waals surface area contributed by atoms with Crippen LogP contribution in [0, 0.1) is 5.92 Å². The summed E-state index contributed by atoms with van der Waals surface area (Å²) in [5.41, 5.74) is 0. The molecule has 3 atom stereocenters. The molecular weight excluding hydrogens is 188 g/mol. The third-order valence-electron chi connectivity index (χ3n) is 2.22. The monoisotopic (exact) mass is 204 g/mol. The van der Waals surface area contributed by atoms with Gasteiger partial charge in [0.1, 0.15) is 12.9 Å². The van der Waals surface area contributed by atoms with Crippen molar-refractivity contribution in [3.8, 4) is 0 Å². The molecule has 1 rings (SSSR count). The van der Waals surface area contributed by atoms with E-state index in [1.165, 1.54) is 7.11 Å². The standard InChI is InChI=1S/C9H16O5/c1-6-4-13-9(10)8(7(6)12-3)14-5-11-2/h6-8H,4-5H2,1-3H3/t6-,7-,8+/m0/s1. The van der Waals surface area contributed by atoms with Crippen molar-refractivity contribution in [2.24, 2.45) is 5.92 Å². The molecule has 0 bridgehead atoms. The van der Waals surface area contributed by atoms with Gasteiger partial charge < -0.3 is 18.9 Å². The molecule has 0 N–H and O–H groups in total. The quantitative estimate of drug-likeness (QED) is 0.483. The molecular formula is C9H16O5. The number of hydrogen-bond donors (Lipinski definition) is 0. The average Bonchev–Trinajstić information content (AvgIpc) is 2.19. The molecule has 0 aromatic heterocycles. The summed E-state index contributed by atoms with van der Waals surface area (Å²) in [4.78, 5) is 11.3. The van der Waals surface area contributed by atoms with Gasteiger partial charge in [-0.25, -0.2) is 4.79 Å². The van der Waals surface area contributed by atoms with Crippen LogP contribution in [0.3, 0.4) is 0 Å². The Hall–Kier alpha value is -0.650. The Morgan fingerprint density at radius 3 is 2.79 bits per heavy atom. The molecule has 0 aliphatic carbocycles. The molecule has 1 aliphatic heterocycles. The third-order valence-corrected chi connectivity index (χ3v) is 2.22. The summed E-state index contributed by atoms with van der Waals surface area (Å²) in [7, 11) is 3.06. The first-order chi connectivity index (χ1) is 6.70. The van der Waals surface area contributed by atoms with Crippen LogP contribution in [0.2, 0.25) is 0 Å². The van der Waals surface area contributed by atoms with E-state index in [2.05, 4.69) is 0 Å². The van der Waals surface area contributed by atoms with Crippen LogP contribution in [0.15, 0.2) is 0 Å². The van der Waals surface area contributed by atoms with Crippen LogP contribution in [0.25, 0.3) is 0 Å². The number of carbonyl (C=O) groups is 1. The lowest BCUT2D eigenvalue weighted by molar-refractivity contribution is -0.199. The number of carbonyl (C=O) groups excluding carboxylic acids is 1. The van der Waals surface area contributed by atoms with Gasteiger partial charge in [0.25, 0.3) is 0 Å². The van der Waals surface area contributed by atoms with Gasteiger partial charge in [0.15, 0.2) is 6.10 Å². The van der Waals surface area contributed by atoms with E-state index in [0.29, 0.717) is 6.61 Å². The largest absolute Gasteiger partial charge is 0.463 e. The van der Waals surface area contributed by atoms with Gasteiger partial charge in [0, 0.05) is 20.1 Å². The van der Waals surface area contributed by atoms with E-state index in [0.717, 1.165) is 0 Å². The van der Waals surface area contributed by atoms with Gasteiger partial charge in [-0.3, -0.25) is 0 Å². The second kappa shape index (κ2) is 5.29. The van der Waals surface area contributed by atoms with Gasteiger partial charge in [0.05, 0.1) is 6.61 Å². The molecule has 5 heteroatoms. The molecule has 5 nitrogen and oxygen atoms in total. The second-order valence-corrected chi connectivity index (χ2v) is 3.30. The van der Waals surface area contributed by atoms with Gasteiger partial charge in [-0.15, -0.1) is 0 Å². The highest BCUT2D eigenvalue weighted by atomic mass is 16.7. The Labute approximate surface area is 83.3 Å². The first-order valence-electron chi connectivity index (χ1n) is 4.50. The molecule has 0 saturated carbocycles. The second-order valence-electron chi connectivity index (χ2n) is 3.30. The molecule has 1 fully saturated rings. The first-order valence-corrected chi connectivity index (χ1v) is 4.50. The van der Waals surface area contributed by atoms with E-state index in [9.17, 15) is 4.79 Å². The maximum absolute atomic E-state index is 11.3. The van der Waals surface area contributed by atoms with Crippen LogP contribution >= 0.6 is 0 Å². The Bertz CT molecular complexity index is 194. The van der Waals surface area contributed by atoms with Crippen LogP contribution in [0.4, 0.5) is 0 Å². The van der Waals surface area contributed by atoms with E-state index < -0.39 is 6.10 Å². The number of esters is 1. The van der Waals surface area contributed by atoms with Crippen molar-refractivity contribution in [3.05, 3.63) is 0 Å². The molecule has 1 aliphatic rings. The molecule has 1 saturated heterocycles. The van der Waals surface area contributed by atoms with Crippen LogP contribution in [-0.4, -0.2) is 45.8 Å². The number of hydrogen-bond acceptors (Lipinski definition) is 5. The number of methoxy groups -OCH3 is 2. The molecule has 14 heavy (non-hydrogen) atoms. The Morgan fingerprint density at radius 1 is 1.50 bits per heavy atom. The van der Waals surface area contributed by atoms with E-state index in [1.54, 1.807) is 7.11 Å². The fourth-order valence-electron chi connectivity index (χ4n) is 1.48. The highest BCUT2D eigenvalue weighted by Crippen LogP contribution is 2.20. The van der Waals surface area contributed by atoms with Crippen molar-refractivity contribution < 1.29 is 23.7 Å². The van der Waals surface area contributed by atoms with Gasteiger partial charge in [-0.2, -0.15) is 0 Å². The van der Waals surface area contributed by atoms with E-state index in [4.69, 9.17) is 18.9 Å². The topological polar surface area (TPSA) is 54.0 Å². The molecule has 0 aromatic rings. The summed E-state index contributed by atoms with van der Waals surface area (Å²) in [6.07, 6.45) is -0.935. The molecule has 0 amide bonds. The van der Waals surface area contributed by atoms with Crippen molar-refractivity contribution >= 4 is 5.97 Å². The summed E-state index contributed by atoms with van der Waals surface area (Å²) in [5.74, 6) is -0.244. The van der Waals surface area contributed by atoms with Gasteiger partial charge >= 0.3 is 5.97 Å². The summed E-state index contributed by atoms with van der Waals surface area (Å²) in [5, 5.41) is 0. The zero-order valence-corrected chi connectivity index (χ0v) is 8.69. The lowest BCUT2D eigenvalue weighted by Gasteiger charge is -2.33. The minimum absolute atomic E-state index is 0.0619. The summed E-state index contributed by atoms with van der Waals surface area (Å²) in [6.45, 7) is 2.39. The van der Waals surface area contributed by atoms with Crippen molar-refractivity contribution in [2.75, 3.05) is 27.6 Å². The lowest BCUT2D eigenvalue weighted by Crippen LogP contribution is -2.49. The Morgan fingerprint density at radius 2 is 2.21 bits per heavy atom. The number of ether oxygens (including phenoxy) is 4. The minimum Gasteiger partial charge on any atom is -0.463 e. The fraction of sp³-hybridized carbons (Fsp3) is 0.889. The van der Waals surface area contributed by atoms with Crippen LogP contribution in [-0.2, 0) is 23.7 Å². The highest BCUT2D eigenvalue weighted by Gasteiger charge is 2.39. The normalized spacial score (nSPS) is 32.8. The lowest BCUT2D eigenvalue weighted by atomic mass is 9.98. The molecule has 0 aromatic carbocycles. The van der Waals surface area contributed by atoms with Crippen LogP contribution in [0.1, 0.15) is 6.92 Å². The average molecular weight is 204 g/mol. The van der Waals surface area contributed by atoms with E-state index in [1.807, 2.05) is 6.92 Å². The fourth-order valence-corrected chi connectivity index (χ4v) is 1.48. The SMILES string of the molecule is COCO[C@H]1C(=O)OC[C@H](C)[C@@H]1OC. The zero-order chi connectivity index (χ0) is 10.6. The van der Waals surface area contributed by atoms with Crippen LogP contribution in [0.5, 0.6) is 0 Å². The molecule has 0 radical (unpaired) electrons. The van der Waals surface area contributed by atoms with E-state index in [-0.39, 0.29) is 24.8 Å². The minimum atomic E-state index is -0.677. The van der Waals surface area contributed by atoms with Crippen molar-refractivity contribution in [2.45, 2.75) is 19.1 Å². The van der Waals surface area contributed by atoms with Gasteiger partial charge in [0.2, 0.25) is 0 Å². The summed E-state index contributed by atoms with van der Waals surface area (Å²) >= 11 is 0. The Balaban J connectivity index is 2.58. The molecule has 0 spiro atoms. The number of rotatable bonds is 4. The van der Waals surface area contributed by atoms with Crippen molar-refractivity contribution in [1.29, 1.82) is 0 Å². The van der Waals surface area contributed by atoms with Gasteiger partial charge in [-0.1, -0.05) is 6.92 Å². The number of cyclic esters (lactones) is 1. The van der Waals surface area contributed by atoms with Crippen molar-refractivity contribution in [1.82, 2.24) is 0 Å². The van der Waals surface area contributed by atoms with Gasteiger partial charge in [-0.05, 0) is 0 Å².